The van der Waals surface area contributed by atoms with E-state index in [1.165, 1.54) is 12.1 Å². The summed E-state index contributed by atoms with van der Waals surface area (Å²) in [5.74, 6) is -0.817. The Morgan fingerprint density at radius 3 is 2.48 bits per heavy atom. The SMILES string of the molecule is O=C(Nc1ccccc1)C1CCN(c2ccc(F)cc2[N+](=O)[O-])CC1. The van der Waals surface area contributed by atoms with Crippen molar-refractivity contribution >= 4 is 23.0 Å². The average molecular weight is 343 g/mol. The van der Waals surface area contributed by atoms with Crippen LogP contribution in [0, 0.1) is 21.8 Å². The highest BCUT2D eigenvalue weighted by molar-refractivity contribution is 5.92. The second kappa shape index (κ2) is 7.29. The number of hydrogen-bond donors (Lipinski definition) is 1. The molecule has 0 aliphatic carbocycles. The van der Waals surface area contributed by atoms with Gasteiger partial charge in [0.1, 0.15) is 11.5 Å². The third-order valence-corrected chi connectivity index (χ3v) is 4.38. The molecule has 6 nitrogen and oxygen atoms in total. The number of benzene rings is 2. The van der Waals surface area contributed by atoms with E-state index in [1.54, 1.807) is 0 Å². The maximum Gasteiger partial charge on any atom is 0.295 e. The second-order valence-electron chi connectivity index (χ2n) is 6.01. The van der Waals surface area contributed by atoms with E-state index in [1.807, 2.05) is 35.2 Å². The number of carbonyl (C=O) groups is 1. The number of rotatable bonds is 4. The Balaban J connectivity index is 1.64. The van der Waals surface area contributed by atoms with E-state index in [0.717, 1.165) is 11.8 Å². The second-order valence-corrected chi connectivity index (χ2v) is 6.01. The number of anilines is 2. The van der Waals surface area contributed by atoms with Crippen LogP contribution in [-0.4, -0.2) is 23.9 Å². The Labute approximate surface area is 144 Å². The summed E-state index contributed by atoms with van der Waals surface area (Å²) >= 11 is 0. The number of piperidine rings is 1. The van der Waals surface area contributed by atoms with Gasteiger partial charge in [-0.15, -0.1) is 0 Å². The quantitative estimate of drug-likeness (QED) is 0.680. The van der Waals surface area contributed by atoms with Crippen molar-refractivity contribution in [1.29, 1.82) is 0 Å². The number of nitro groups is 1. The van der Waals surface area contributed by atoms with E-state index >= 15 is 0 Å². The summed E-state index contributed by atoms with van der Waals surface area (Å²) in [7, 11) is 0. The molecule has 1 fully saturated rings. The molecule has 0 bridgehead atoms. The largest absolute Gasteiger partial charge is 0.366 e. The van der Waals surface area contributed by atoms with Crippen molar-refractivity contribution in [3.63, 3.8) is 0 Å². The molecule has 1 aliphatic rings. The molecule has 7 heteroatoms. The fourth-order valence-electron chi connectivity index (χ4n) is 3.06. The molecule has 130 valence electrons. The van der Waals surface area contributed by atoms with E-state index in [-0.39, 0.29) is 17.5 Å². The van der Waals surface area contributed by atoms with E-state index < -0.39 is 10.7 Å². The summed E-state index contributed by atoms with van der Waals surface area (Å²) in [4.78, 5) is 24.7. The van der Waals surface area contributed by atoms with Gasteiger partial charge in [0.05, 0.1) is 11.0 Å². The van der Waals surface area contributed by atoms with Crippen LogP contribution in [0.15, 0.2) is 48.5 Å². The van der Waals surface area contributed by atoms with Crippen molar-refractivity contribution < 1.29 is 14.1 Å². The van der Waals surface area contributed by atoms with Crippen molar-refractivity contribution in [2.45, 2.75) is 12.8 Å². The molecule has 1 saturated heterocycles. The molecule has 1 N–H and O–H groups in total. The fraction of sp³-hybridized carbons (Fsp3) is 0.278. The molecule has 0 atom stereocenters. The Bertz CT molecular complexity index is 774. The van der Waals surface area contributed by atoms with Crippen molar-refractivity contribution in [2.24, 2.45) is 5.92 Å². The molecule has 0 radical (unpaired) electrons. The monoisotopic (exact) mass is 343 g/mol. The Morgan fingerprint density at radius 1 is 1.16 bits per heavy atom. The topological polar surface area (TPSA) is 75.5 Å². The lowest BCUT2D eigenvalue weighted by atomic mass is 9.95. The molecule has 1 heterocycles. The minimum absolute atomic E-state index is 0.0422. The zero-order chi connectivity index (χ0) is 17.8. The van der Waals surface area contributed by atoms with Gasteiger partial charge in [-0.3, -0.25) is 14.9 Å². The summed E-state index contributed by atoms with van der Waals surface area (Å²) < 4.78 is 13.3. The summed E-state index contributed by atoms with van der Waals surface area (Å²) in [6.07, 6.45) is 1.18. The standard InChI is InChI=1S/C18H18FN3O3/c19-14-6-7-16(17(12-14)22(24)25)21-10-8-13(9-11-21)18(23)20-15-4-2-1-3-5-15/h1-7,12-13H,8-11H2,(H,20,23). The molecule has 0 unspecified atom stereocenters. The Kier molecular flexibility index (Phi) is 4.92. The first kappa shape index (κ1) is 16.9. The predicted octanol–water partition coefficient (Wildman–Crippen LogP) is 3.59. The lowest BCUT2D eigenvalue weighted by molar-refractivity contribution is -0.384. The molecular weight excluding hydrogens is 325 g/mol. The van der Waals surface area contributed by atoms with Crippen LogP contribution in [0.25, 0.3) is 0 Å². The normalized spacial score (nSPS) is 15.0. The van der Waals surface area contributed by atoms with Gasteiger partial charge in [-0.2, -0.15) is 0 Å². The van der Waals surface area contributed by atoms with E-state index in [2.05, 4.69) is 5.32 Å². The first-order valence-corrected chi connectivity index (χ1v) is 8.09. The number of nitrogens with zero attached hydrogens (tertiary/aromatic N) is 2. The molecule has 0 saturated carbocycles. The number of carbonyl (C=O) groups excluding carboxylic acids is 1. The van der Waals surface area contributed by atoms with Crippen LogP contribution in [0.3, 0.4) is 0 Å². The number of para-hydroxylation sites is 1. The van der Waals surface area contributed by atoms with Crippen molar-refractivity contribution in [3.8, 4) is 0 Å². The van der Waals surface area contributed by atoms with Gasteiger partial charge in [0.2, 0.25) is 5.91 Å². The molecule has 1 amide bonds. The average Bonchev–Trinajstić information content (AvgIpc) is 2.62. The molecule has 2 aromatic rings. The van der Waals surface area contributed by atoms with Gasteiger partial charge in [-0.25, -0.2) is 4.39 Å². The highest BCUT2D eigenvalue weighted by Crippen LogP contribution is 2.32. The lowest BCUT2D eigenvalue weighted by Gasteiger charge is -2.32. The Morgan fingerprint density at radius 2 is 1.84 bits per heavy atom. The zero-order valence-corrected chi connectivity index (χ0v) is 13.5. The number of nitro benzene ring substituents is 1. The summed E-state index contributed by atoms with van der Waals surface area (Å²) in [6, 6.07) is 12.8. The number of halogens is 1. The van der Waals surface area contributed by atoms with Gasteiger partial charge in [-0.05, 0) is 37.1 Å². The van der Waals surface area contributed by atoms with Gasteiger partial charge < -0.3 is 10.2 Å². The first-order chi connectivity index (χ1) is 12.0. The molecule has 2 aromatic carbocycles. The van der Waals surface area contributed by atoms with Crippen LogP contribution in [0.4, 0.5) is 21.5 Å². The lowest BCUT2D eigenvalue weighted by Crippen LogP contribution is -2.38. The number of nitrogens with one attached hydrogen (secondary N) is 1. The van der Waals surface area contributed by atoms with Crippen LogP contribution in [0.1, 0.15) is 12.8 Å². The van der Waals surface area contributed by atoms with Gasteiger partial charge >= 0.3 is 0 Å². The number of amides is 1. The predicted molar refractivity (Wildman–Crippen MR) is 93.1 cm³/mol. The summed E-state index contributed by atoms with van der Waals surface area (Å²) in [5, 5.41) is 14.0. The first-order valence-electron chi connectivity index (χ1n) is 8.09. The third kappa shape index (κ3) is 3.93. The molecule has 3 rings (SSSR count). The molecular formula is C18H18FN3O3. The minimum Gasteiger partial charge on any atom is -0.366 e. The zero-order valence-electron chi connectivity index (χ0n) is 13.5. The minimum atomic E-state index is -0.632. The van der Waals surface area contributed by atoms with Gasteiger partial charge in [0, 0.05) is 24.7 Å². The van der Waals surface area contributed by atoms with E-state index in [9.17, 15) is 19.3 Å². The Hall–Kier alpha value is -2.96. The summed E-state index contributed by atoms with van der Waals surface area (Å²) in [5.41, 5.74) is 0.907. The van der Waals surface area contributed by atoms with Crippen LogP contribution in [-0.2, 0) is 4.79 Å². The molecule has 0 spiro atoms. The smallest absolute Gasteiger partial charge is 0.295 e. The highest BCUT2D eigenvalue weighted by atomic mass is 19.1. The summed E-state index contributed by atoms with van der Waals surface area (Å²) in [6.45, 7) is 1.03. The van der Waals surface area contributed by atoms with Crippen molar-refractivity contribution in [1.82, 2.24) is 0 Å². The molecule has 25 heavy (non-hydrogen) atoms. The van der Waals surface area contributed by atoms with Crippen LogP contribution < -0.4 is 10.2 Å². The van der Waals surface area contributed by atoms with Crippen molar-refractivity contribution in [3.05, 3.63) is 64.5 Å². The number of hydrogen-bond acceptors (Lipinski definition) is 4. The van der Waals surface area contributed by atoms with E-state index in [0.29, 0.717) is 31.6 Å². The highest BCUT2D eigenvalue weighted by Gasteiger charge is 2.28. The van der Waals surface area contributed by atoms with E-state index in [4.69, 9.17) is 0 Å². The maximum atomic E-state index is 13.3. The fourth-order valence-corrected chi connectivity index (χ4v) is 3.06. The molecule has 0 aromatic heterocycles. The van der Waals surface area contributed by atoms with Gasteiger partial charge in [0.25, 0.3) is 5.69 Å². The van der Waals surface area contributed by atoms with Crippen LogP contribution in [0.2, 0.25) is 0 Å². The van der Waals surface area contributed by atoms with Gasteiger partial charge in [0.15, 0.2) is 0 Å². The third-order valence-electron chi connectivity index (χ3n) is 4.38. The molecule has 1 aliphatic heterocycles. The van der Waals surface area contributed by atoms with Gasteiger partial charge in [-0.1, -0.05) is 18.2 Å². The van der Waals surface area contributed by atoms with Crippen LogP contribution >= 0.6 is 0 Å². The van der Waals surface area contributed by atoms with Crippen molar-refractivity contribution in [2.75, 3.05) is 23.3 Å². The maximum absolute atomic E-state index is 13.3. The van der Waals surface area contributed by atoms with Crippen LogP contribution in [0.5, 0.6) is 0 Å².